The first-order chi connectivity index (χ1) is 11.8. The maximum atomic E-state index is 5.73. The third-order valence-corrected chi connectivity index (χ3v) is 4.48. The summed E-state index contributed by atoms with van der Waals surface area (Å²) < 4.78 is 7.53. The van der Waals surface area contributed by atoms with Crippen LogP contribution >= 0.6 is 0 Å². The number of ether oxygens (including phenoxy) is 1. The molecular weight excluding hydrogens is 302 g/mol. The molecule has 3 aromatic rings. The molecule has 0 spiro atoms. The quantitative estimate of drug-likeness (QED) is 0.782. The van der Waals surface area contributed by atoms with Gasteiger partial charge in [0.15, 0.2) is 0 Å². The Kier molecular flexibility index (Phi) is 4.13. The van der Waals surface area contributed by atoms with E-state index in [2.05, 4.69) is 44.6 Å². The number of benzene rings is 1. The number of hydrogen-bond acceptors (Lipinski definition) is 5. The molecule has 0 unspecified atom stereocenters. The van der Waals surface area contributed by atoms with Gasteiger partial charge >= 0.3 is 0 Å². The van der Waals surface area contributed by atoms with Crippen LogP contribution in [0.4, 0.5) is 5.82 Å². The average molecular weight is 323 g/mol. The smallest absolute Gasteiger partial charge is 0.254 e. The molecular formula is C18H21N5O. The van der Waals surface area contributed by atoms with Crippen LogP contribution in [0.5, 0.6) is 0 Å². The Morgan fingerprint density at radius 3 is 2.96 bits per heavy atom. The molecule has 0 aliphatic carbocycles. The van der Waals surface area contributed by atoms with E-state index in [4.69, 9.17) is 4.74 Å². The molecule has 1 aromatic carbocycles. The van der Waals surface area contributed by atoms with Crippen LogP contribution in [-0.2, 0) is 11.2 Å². The summed E-state index contributed by atoms with van der Waals surface area (Å²) in [7, 11) is 0. The number of rotatable bonds is 5. The van der Waals surface area contributed by atoms with Crippen molar-refractivity contribution in [3.05, 3.63) is 53.5 Å². The van der Waals surface area contributed by atoms with Gasteiger partial charge in [0.05, 0.1) is 6.10 Å². The Morgan fingerprint density at radius 1 is 1.29 bits per heavy atom. The number of hydrogen-bond donors (Lipinski definition) is 1. The Balaban J connectivity index is 1.69. The number of anilines is 1. The predicted octanol–water partition coefficient (Wildman–Crippen LogP) is 2.61. The number of fused-ring (bicyclic) bond motifs is 1. The van der Waals surface area contributed by atoms with Crippen molar-refractivity contribution in [3.8, 4) is 0 Å². The van der Waals surface area contributed by atoms with Crippen LogP contribution in [0.2, 0.25) is 0 Å². The van der Waals surface area contributed by atoms with E-state index >= 15 is 0 Å². The van der Waals surface area contributed by atoms with E-state index in [1.54, 1.807) is 10.8 Å². The molecule has 1 aliphatic heterocycles. The summed E-state index contributed by atoms with van der Waals surface area (Å²) in [6.45, 7) is 3.67. The van der Waals surface area contributed by atoms with Gasteiger partial charge in [0, 0.05) is 30.8 Å². The molecule has 2 aromatic heterocycles. The van der Waals surface area contributed by atoms with Crippen LogP contribution < -0.4 is 5.32 Å². The number of aryl methyl sites for hydroxylation is 1. The van der Waals surface area contributed by atoms with Gasteiger partial charge in [-0.15, -0.1) is 0 Å². The second-order valence-electron chi connectivity index (χ2n) is 6.17. The predicted molar refractivity (Wildman–Crippen MR) is 92.2 cm³/mol. The lowest BCUT2D eigenvalue weighted by Gasteiger charge is -2.17. The molecule has 0 amide bonds. The lowest BCUT2D eigenvalue weighted by atomic mass is 10.0. The minimum atomic E-state index is 0.265. The summed E-state index contributed by atoms with van der Waals surface area (Å²) in [6, 6.07) is 10.4. The fourth-order valence-electron chi connectivity index (χ4n) is 3.20. The minimum absolute atomic E-state index is 0.265. The zero-order valence-corrected chi connectivity index (χ0v) is 13.8. The second-order valence-corrected chi connectivity index (χ2v) is 6.17. The van der Waals surface area contributed by atoms with Crippen LogP contribution in [0, 0.1) is 6.92 Å². The SMILES string of the molecule is Cc1nc2ncnn2c(NC[C@@H]2CCCO2)c1Cc1ccccc1. The first kappa shape index (κ1) is 15.1. The molecule has 6 heteroatoms. The molecule has 0 bridgehead atoms. The summed E-state index contributed by atoms with van der Waals surface area (Å²) in [5.74, 6) is 1.59. The van der Waals surface area contributed by atoms with Gasteiger partial charge in [-0.1, -0.05) is 30.3 Å². The van der Waals surface area contributed by atoms with Crippen molar-refractivity contribution >= 4 is 11.6 Å². The normalized spacial score (nSPS) is 17.5. The molecule has 24 heavy (non-hydrogen) atoms. The summed E-state index contributed by atoms with van der Waals surface area (Å²) >= 11 is 0. The van der Waals surface area contributed by atoms with Gasteiger partial charge in [0.1, 0.15) is 12.1 Å². The fourth-order valence-corrected chi connectivity index (χ4v) is 3.20. The van der Waals surface area contributed by atoms with E-state index < -0.39 is 0 Å². The van der Waals surface area contributed by atoms with Crippen LogP contribution in [0.15, 0.2) is 36.7 Å². The van der Waals surface area contributed by atoms with Crippen LogP contribution in [-0.4, -0.2) is 38.8 Å². The average Bonchev–Trinajstić information content (AvgIpc) is 3.27. The number of nitrogens with one attached hydrogen (secondary N) is 1. The van der Waals surface area contributed by atoms with Crippen molar-refractivity contribution in [2.75, 3.05) is 18.5 Å². The standard InChI is InChI=1S/C18H21N5O/c1-13-16(10-14-6-3-2-4-7-14)17(19-11-15-8-5-9-24-15)23-18(22-13)20-12-21-23/h2-4,6-7,12,15,19H,5,8-11H2,1H3/t15-/m0/s1. The summed E-state index contributed by atoms with van der Waals surface area (Å²) in [4.78, 5) is 8.83. The highest BCUT2D eigenvalue weighted by atomic mass is 16.5. The summed E-state index contributed by atoms with van der Waals surface area (Å²) in [5, 5.41) is 7.89. The van der Waals surface area contributed by atoms with Gasteiger partial charge in [-0.05, 0) is 25.3 Å². The van der Waals surface area contributed by atoms with Crippen molar-refractivity contribution in [1.82, 2.24) is 19.6 Å². The molecule has 1 N–H and O–H groups in total. The van der Waals surface area contributed by atoms with Crippen molar-refractivity contribution in [2.24, 2.45) is 0 Å². The lowest BCUT2D eigenvalue weighted by molar-refractivity contribution is 0.120. The van der Waals surface area contributed by atoms with Gasteiger partial charge in [-0.2, -0.15) is 14.6 Å². The Hall–Kier alpha value is -2.47. The third kappa shape index (κ3) is 2.97. The minimum Gasteiger partial charge on any atom is -0.376 e. The summed E-state index contributed by atoms with van der Waals surface area (Å²) in [5.41, 5.74) is 3.38. The van der Waals surface area contributed by atoms with Gasteiger partial charge in [0.25, 0.3) is 5.78 Å². The van der Waals surface area contributed by atoms with E-state index in [0.717, 1.165) is 49.5 Å². The largest absolute Gasteiger partial charge is 0.376 e. The van der Waals surface area contributed by atoms with E-state index in [1.165, 1.54) is 5.56 Å². The Morgan fingerprint density at radius 2 is 2.17 bits per heavy atom. The van der Waals surface area contributed by atoms with Crippen LogP contribution in [0.1, 0.15) is 29.7 Å². The highest BCUT2D eigenvalue weighted by molar-refractivity contribution is 5.54. The van der Waals surface area contributed by atoms with Gasteiger partial charge < -0.3 is 10.1 Å². The van der Waals surface area contributed by atoms with Crippen molar-refractivity contribution in [2.45, 2.75) is 32.3 Å². The molecule has 124 valence electrons. The maximum Gasteiger partial charge on any atom is 0.254 e. The van der Waals surface area contributed by atoms with E-state index in [1.807, 2.05) is 13.0 Å². The van der Waals surface area contributed by atoms with Crippen LogP contribution in [0.3, 0.4) is 0 Å². The third-order valence-electron chi connectivity index (χ3n) is 4.48. The monoisotopic (exact) mass is 323 g/mol. The molecule has 0 saturated carbocycles. The van der Waals surface area contributed by atoms with Gasteiger partial charge in [0.2, 0.25) is 0 Å². The van der Waals surface area contributed by atoms with Gasteiger partial charge in [-0.3, -0.25) is 0 Å². The van der Waals surface area contributed by atoms with Gasteiger partial charge in [-0.25, -0.2) is 4.98 Å². The highest BCUT2D eigenvalue weighted by Gasteiger charge is 2.19. The molecule has 1 fully saturated rings. The van der Waals surface area contributed by atoms with E-state index in [9.17, 15) is 0 Å². The van der Waals surface area contributed by atoms with E-state index in [0.29, 0.717) is 5.78 Å². The zero-order chi connectivity index (χ0) is 16.4. The molecule has 1 saturated heterocycles. The van der Waals surface area contributed by atoms with E-state index in [-0.39, 0.29) is 6.10 Å². The van der Waals surface area contributed by atoms with Crippen molar-refractivity contribution < 1.29 is 4.74 Å². The molecule has 1 atom stereocenters. The Labute approximate surface area is 140 Å². The molecule has 3 heterocycles. The topological polar surface area (TPSA) is 64.3 Å². The molecule has 6 nitrogen and oxygen atoms in total. The Bertz CT molecular complexity index is 824. The second kappa shape index (κ2) is 6.57. The first-order valence-electron chi connectivity index (χ1n) is 8.40. The molecule has 1 aliphatic rings. The lowest BCUT2D eigenvalue weighted by Crippen LogP contribution is -2.21. The zero-order valence-electron chi connectivity index (χ0n) is 13.8. The number of aromatic nitrogens is 4. The summed E-state index contributed by atoms with van der Waals surface area (Å²) in [6.07, 6.45) is 4.86. The molecule has 4 rings (SSSR count). The van der Waals surface area contributed by atoms with Crippen molar-refractivity contribution in [3.63, 3.8) is 0 Å². The first-order valence-corrected chi connectivity index (χ1v) is 8.40. The van der Waals surface area contributed by atoms with Crippen LogP contribution in [0.25, 0.3) is 5.78 Å². The molecule has 0 radical (unpaired) electrons. The fraction of sp³-hybridized carbons (Fsp3) is 0.389. The highest BCUT2D eigenvalue weighted by Crippen LogP contribution is 2.23. The maximum absolute atomic E-state index is 5.73. The van der Waals surface area contributed by atoms with Crippen molar-refractivity contribution in [1.29, 1.82) is 0 Å². The number of nitrogens with zero attached hydrogens (tertiary/aromatic N) is 4.